The van der Waals surface area contributed by atoms with Crippen LogP contribution in [0.3, 0.4) is 0 Å². The molecule has 1 aliphatic carbocycles. The van der Waals surface area contributed by atoms with E-state index in [0.717, 1.165) is 52.1 Å². The molecule has 0 amide bonds. The van der Waals surface area contributed by atoms with Crippen molar-refractivity contribution in [2.75, 3.05) is 0 Å². The first-order valence-electron chi connectivity index (χ1n) is 10.1. The summed E-state index contributed by atoms with van der Waals surface area (Å²) in [5, 5.41) is 5.35. The Morgan fingerprint density at radius 3 is 2.70 bits per heavy atom. The summed E-state index contributed by atoms with van der Waals surface area (Å²) in [6, 6.07) is 6.25. The molecule has 0 bridgehead atoms. The van der Waals surface area contributed by atoms with Gasteiger partial charge in [0.2, 0.25) is 0 Å². The zero-order valence-electron chi connectivity index (χ0n) is 16.8. The minimum atomic E-state index is -0.277. The average molecular weight is 421 g/mol. The second-order valence-corrected chi connectivity index (χ2v) is 8.73. The summed E-state index contributed by atoms with van der Waals surface area (Å²) in [4.78, 5) is 22.5. The Bertz CT molecular complexity index is 1340. The van der Waals surface area contributed by atoms with Crippen molar-refractivity contribution in [1.29, 1.82) is 0 Å². The van der Waals surface area contributed by atoms with Crippen LogP contribution in [-0.4, -0.2) is 19.7 Å². The second-order valence-electron chi connectivity index (χ2n) is 7.65. The quantitative estimate of drug-likeness (QED) is 0.509. The summed E-state index contributed by atoms with van der Waals surface area (Å²) in [6.45, 7) is 3.90. The van der Waals surface area contributed by atoms with Crippen LogP contribution >= 0.6 is 11.3 Å². The predicted octanol–water partition coefficient (Wildman–Crippen LogP) is 4.98. The summed E-state index contributed by atoms with van der Waals surface area (Å²) < 4.78 is 15.0. The number of benzene rings is 1. The van der Waals surface area contributed by atoms with Crippen LogP contribution in [0.25, 0.3) is 28.1 Å². The van der Waals surface area contributed by atoms with Crippen LogP contribution in [0.5, 0.6) is 0 Å². The molecule has 30 heavy (non-hydrogen) atoms. The molecule has 4 aromatic rings. The van der Waals surface area contributed by atoms with E-state index in [0.29, 0.717) is 5.82 Å². The van der Waals surface area contributed by atoms with Gasteiger partial charge < -0.3 is 4.98 Å². The zero-order chi connectivity index (χ0) is 20.8. The number of hydrogen-bond acceptors (Lipinski definition) is 4. The first-order valence-corrected chi connectivity index (χ1v) is 10.9. The normalized spacial score (nSPS) is 14.0. The lowest BCUT2D eigenvalue weighted by atomic mass is 9.97. The number of hydrogen-bond donors (Lipinski definition) is 1. The summed E-state index contributed by atoms with van der Waals surface area (Å²) in [5.41, 5.74) is 4.67. The van der Waals surface area contributed by atoms with Gasteiger partial charge in [-0.3, -0.25) is 4.79 Å². The fourth-order valence-corrected chi connectivity index (χ4v) is 5.42. The van der Waals surface area contributed by atoms with Gasteiger partial charge in [-0.15, -0.1) is 11.3 Å². The molecule has 5 rings (SSSR count). The lowest BCUT2D eigenvalue weighted by Gasteiger charge is -2.09. The van der Waals surface area contributed by atoms with Gasteiger partial charge in [0.25, 0.3) is 5.56 Å². The molecule has 1 aromatic carbocycles. The van der Waals surface area contributed by atoms with E-state index in [9.17, 15) is 9.18 Å². The molecular weight excluding hydrogens is 399 g/mol. The molecule has 0 radical (unpaired) electrons. The largest absolute Gasteiger partial charge is 0.306 e. The number of aromatic nitrogens is 4. The van der Waals surface area contributed by atoms with E-state index in [1.54, 1.807) is 28.2 Å². The van der Waals surface area contributed by atoms with E-state index in [1.165, 1.54) is 29.0 Å². The van der Waals surface area contributed by atoms with Crippen molar-refractivity contribution in [3.63, 3.8) is 0 Å². The molecule has 152 valence electrons. The second kappa shape index (κ2) is 7.32. The third-order valence-electron chi connectivity index (χ3n) is 5.67. The van der Waals surface area contributed by atoms with Crippen molar-refractivity contribution in [2.24, 2.45) is 0 Å². The number of rotatable bonds is 3. The van der Waals surface area contributed by atoms with Crippen LogP contribution in [-0.2, 0) is 12.8 Å². The number of H-pyrrole nitrogens is 1. The average Bonchev–Trinajstić information content (AvgIpc) is 3.24. The Balaban J connectivity index is 1.52. The van der Waals surface area contributed by atoms with E-state index in [4.69, 9.17) is 4.98 Å². The molecule has 0 atom stereocenters. The van der Waals surface area contributed by atoms with Crippen molar-refractivity contribution in [2.45, 2.75) is 39.5 Å². The highest BCUT2D eigenvalue weighted by Crippen LogP contribution is 2.33. The number of halogens is 1. The van der Waals surface area contributed by atoms with Gasteiger partial charge in [-0.05, 0) is 81.5 Å². The molecule has 1 N–H and O–H groups in total. The fourth-order valence-electron chi connectivity index (χ4n) is 4.15. The molecule has 7 heteroatoms. The molecule has 0 aliphatic heterocycles. The SMILES string of the molecule is Cc1nn(-c2ccc(F)cc2)c(C)c1C=Cc1nc2sc3c(c2c(=O)[nH]1)CCCC3. The maximum absolute atomic E-state index is 13.2. The van der Waals surface area contributed by atoms with Gasteiger partial charge in [-0.1, -0.05) is 0 Å². The number of thiophene rings is 1. The van der Waals surface area contributed by atoms with Crippen LogP contribution in [0.1, 0.15) is 46.1 Å². The number of nitrogens with zero attached hydrogens (tertiary/aromatic N) is 3. The summed E-state index contributed by atoms with van der Waals surface area (Å²) in [7, 11) is 0. The lowest BCUT2D eigenvalue weighted by molar-refractivity contribution is 0.627. The highest BCUT2D eigenvalue weighted by Gasteiger charge is 2.19. The fraction of sp³-hybridized carbons (Fsp3) is 0.261. The van der Waals surface area contributed by atoms with Crippen molar-refractivity contribution >= 4 is 33.7 Å². The number of nitrogens with one attached hydrogen (secondary N) is 1. The molecule has 5 nitrogen and oxygen atoms in total. The lowest BCUT2D eigenvalue weighted by Crippen LogP contribution is -2.11. The molecule has 0 unspecified atom stereocenters. The molecule has 0 saturated heterocycles. The first kappa shape index (κ1) is 18.9. The standard InChI is InChI=1S/C23H21FN4OS/c1-13-17(14(2)28(27-13)16-9-7-15(24)8-10-16)11-12-20-25-22(29)21-18-5-3-4-6-19(18)30-23(21)26-20/h7-12H,3-6H2,1-2H3,(H,25,26,29). The van der Waals surface area contributed by atoms with Crippen LogP contribution < -0.4 is 5.56 Å². The van der Waals surface area contributed by atoms with Crippen LogP contribution in [0, 0.1) is 19.7 Å². The van der Waals surface area contributed by atoms with Crippen molar-refractivity contribution in [3.05, 3.63) is 73.7 Å². The smallest absolute Gasteiger partial charge is 0.260 e. The van der Waals surface area contributed by atoms with Crippen LogP contribution in [0.2, 0.25) is 0 Å². The predicted molar refractivity (Wildman–Crippen MR) is 119 cm³/mol. The van der Waals surface area contributed by atoms with Gasteiger partial charge in [0.1, 0.15) is 16.5 Å². The van der Waals surface area contributed by atoms with Gasteiger partial charge >= 0.3 is 0 Å². The van der Waals surface area contributed by atoms with E-state index < -0.39 is 0 Å². The number of aromatic amines is 1. The molecular formula is C23H21FN4OS. The number of aryl methyl sites for hydroxylation is 3. The maximum Gasteiger partial charge on any atom is 0.260 e. The summed E-state index contributed by atoms with van der Waals surface area (Å²) in [5.74, 6) is 0.264. The van der Waals surface area contributed by atoms with E-state index in [-0.39, 0.29) is 11.4 Å². The molecule has 0 fully saturated rings. The van der Waals surface area contributed by atoms with Gasteiger partial charge in [0.15, 0.2) is 0 Å². The molecule has 1 aliphatic rings. The highest BCUT2D eigenvalue weighted by molar-refractivity contribution is 7.18. The molecule has 0 spiro atoms. The Kier molecular flexibility index (Phi) is 4.62. The van der Waals surface area contributed by atoms with Gasteiger partial charge in [0.05, 0.1) is 16.8 Å². The van der Waals surface area contributed by atoms with Crippen molar-refractivity contribution in [3.8, 4) is 5.69 Å². The van der Waals surface area contributed by atoms with E-state index >= 15 is 0 Å². The Hall–Kier alpha value is -3.06. The van der Waals surface area contributed by atoms with E-state index in [1.807, 2.05) is 26.0 Å². The van der Waals surface area contributed by atoms with Gasteiger partial charge in [0, 0.05) is 16.1 Å². The first-order chi connectivity index (χ1) is 14.5. The van der Waals surface area contributed by atoms with E-state index in [2.05, 4.69) is 10.1 Å². The number of fused-ring (bicyclic) bond motifs is 3. The van der Waals surface area contributed by atoms with Crippen LogP contribution in [0.15, 0.2) is 29.1 Å². The topological polar surface area (TPSA) is 63.6 Å². The zero-order valence-corrected chi connectivity index (χ0v) is 17.6. The third kappa shape index (κ3) is 3.19. The Morgan fingerprint density at radius 1 is 1.13 bits per heavy atom. The summed E-state index contributed by atoms with van der Waals surface area (Å²) in [6.07, 6.45) is 8.08. The Labute approximate surface area is 176 Å². The van der Waals surface area contributed by atoms with Gasteiger partial charge in [-0.25, -0.2) is 14.1 Å². The van der Waals surface area contributed by atoms with Crippen molar-refractivity contribution in [1.82, 2.24) is 19.7 Å². The monoisotopic (exact) mass is 420 g/mol. The molecule has 3 aromatic heterocycles. The summed E-state index contributed by atoms with van der Waals surface area (Å²) >= 11 is 1.65. The minimum absolute atomic E-state index is 0.0606. The Morgan fingerprint density at radius 2 is 1.90 bits per heavy atom. The molecule has 0 saturated carbocycles. The van der Waals surface area contributed by atoms with Crippen LogP contribution in [0.4, 0.5) is 4.39 Å². The molecule has 3 heterocycles. The third-order valence-corrected chi connectivity index (χ3v) is 6.86. The maximum atomic E-state index is 13.2. The minimum Gasteiger partial charge on any atom is -0.306 e. The van der Waals surface area contributed by atoms with Gasteiger partial charge in [-0.2, -0.15) is 5.10 Å². The highest BCUT2D eigenvalue weighted by atomic mass is 32.1. The van der Waals surface area contributed by atoms with Crippen molar-refractivity contribution < 1.29 is 4.39 Å².